The number of benzene rings is 2. The fourth-order valence-electron chi connectivity index (χ4n) is 3.55. The predicted molar refractivity (Wildman–Crippen MR) is 139 cm³/mol. The molecule has 31 heavy (non-hydrogen) atoms. The van der Waals surface area contributed by atoms with Crippen molar-refractivity contribution in [2.75, 3.05) is 0 Å². The zero-order valence-corrected chi connectivity index (χ0v) is 22.2. The van der Waals surface area contributed by atoms with E-state index in [1.54, 1.807) is 0 Å². The van der Waals surface area contributed by atoms with Gasteiger partial charge in [0.1, 0.15) is 0 Å². The Hall–Kier alpha value is -1.89. The second kappa shape index (κ2) is 8.57. The van der Waals surface area contributed by atoms with Gasteiger partial charge in [0.15, 0.2) is 0 Å². The van der Waals surface area contributed by atoms with Crippen LogP contribution in [0.2, 0.25) is 0 Å². The summed E-state index contributed by atoms with van der Waals surface area (Å²) in [5.41, 5.74) is 8.96. The first-order chi connectivity index (χ1) is 13.9. The van der Waals surface area contributed by atoms with Crippen LogP contribution in [-0.2, 0) is 22.7 Å². The standard InChI is InChI=1S/C16H23N.C14H22/c1-15(2,3)12-8-7-11-9-14(16(4,5)6)17-13(11)10-12;1-13(2,3)11-7-9-12(10-8-11)14(4,5)6/h7-8,10H,9H2,1-6H3;7-10H,1-6H3. The minimum absolute atomic E-state index is 0.181. The van der Waals surface area contributed by atoms with Crippen LogP contribution in [0.15, 0.2) is 47.5 Å². The Labute approximate surface area is 192 Å². The van der Waals surface area contributed by atoms with Gasteiger partial charge in [0, 0.05) is 17.5 Å². The fourth-order valence-corrected chi connectivity index (χ4v) is 3.55. The molecule has 0 aromatic heterocycles. The zero-order chi connectivity index (χ0) is 23.8. The maximum atomic E-state index is 4.81. The molecular formula is C30H45N. The first-order valence-electron chi connectivity index (χ1n) is 11.7. The Morgan fingerprint density at radius 1 is 0.516 bits per heavy atom. The molecule has 0 unspecified atom stereocenters. The molecule has 0 fully saturated rings. The summed E-state index contributed by atoms with van der Waals surface area (Å²) in [6, 6.07) is 15.8. The molecule has 1 nitrogen and oxygen atoms in total. The summed E-state index contributed by atoms with van der Waals surface area (Å²) >= 11 is 0. The summed E-state index contributed by atoms with van der Waals surface area (Å²) in [4.78, 5) is 4.81. The third kappa shape index (κ3) is 6.79. The molecule has 3 rings (SSSR count). The van der Waals surface area contributed by atoms with Gasteiger partial charge >= 0.3 is 0 Å². The Bertz CT molecular complexity index is 882. The molecular weight excluding hydrogens is 374 g/mol. The lowest BCUT2D eigenvalue weighted by Crippen LogP contribution is -2.19. The van der Waals surface area contributed by atoms with Crippen molar-refractivity contribution in [2.24, 2.45) is 10.4 Å². The SMILES string of the molecule is CC(C)(C)C1=Nc2cc(C(C)(C)C)ccc2C1.CC(C)(C)c1ccc(C(C)(C)C)cc1. The number of hydrogen-bond acceptors (Lipinski definition) is 1. The van der Waals surface area contributed by atoms with E-state index in [9.17, 15) is 0 Å². The number of fused-ring (bicyclic) bond motifs is 1. The van der Waals surface area contributed by atoms with Gasteiger partial charge in [-0.05, 0) is 44.6 Å². The molecule has 0 saturated heterocycles. The molecule has 1 heteroatoms. The third-order valence-corrected chi connectivity index (χ3v) is 6.05. The molecule has 0 spiro atoms. The molecule has 0 bridgehead atoms. The highest BCUT2D eigenvalue weighted by Crippen LogP contribution is 2.36. The van der Waals surface area contributed by atoms with Gasteiger partial charge in [-0.1, -0.05) is 119 Å². The van der Waals surface area contributed by atoms with E-state index in [0.29, 0.717) is 0 Å². The Morgan fingerprint density at radius 2 is 0.903 bits per heavy atom. The van der Waals surface area contributed by atoms with Crippen LogP contribution in [0.25, 0.3) is 0 Å². The average molecular weight is 420 g/mol. The number of aliphatic imine (C=N–C) groups is 1. The predicted octanol–water partition coefficient (Wildman–Crippen LogP) is 8.94. The molecule has 0 radical (unpaired) electrons. The van der Waals surface area contributed by atoms with Crippen molar-refractivity contribution in [1.29, 1.82) is 0 Å². The lowest BCUT2D eigenvalue weighted by atomic mass is 9.82. The van der Waals surface area contributed by atoms with Crippen LogP contribution in [-0.4, -0.2) is 5.71 Å². The van der Waals surface area contributed by atoms with E-state index in [2.05, 4.69) is 126 Å². The molecule has 0 amide bonds. The van der Waals surface area contributed by atoms with Crippen molar-refractivity contribution in [1.82, 2.24) is 0 Å². The van der Waals surface area contributed by atoms with Crippen LogP contribution in [0, 0.1) is 5.41 Å². The van der Waals surface area contributed by atoms with Crippen LogP contribution in [0.3, 0.4) is 0 Å². The lowest BCUT2D eigenvalue weighted by molar-refractivity contribution is 0.577. The van der Waals surface area contributed by atoms with Crippen molar-refractivity contribution >= 4 is 11.4 Å². The number of hydrogen-bond donors (Lipinski definition) is 0. The molecule has 0 atom stereocenters. The van der Waals surface area contributed by atoms with E-state index in [4.69, 9.17) is 4.99 Å². The normalized spacial score (nSPS) is 14.5. The van der Waals surface area contributed by atoms with Crippen LogP contribution in [0.4, 0.5) is 5.69 Å². The second-order valence-corrected chi connectivity index (χ2v) is 13.2. The van der Waals surface area contributed by atoms with Crippen molar-refractivity contribution in [3.05, 3.63) is 64.7 Å². The van der Waals surface area contributed by atoms with E-state index >= 15 is 0 Å². The van der Waals surface area contributed by atoms with Crippen molar-refractivity contribution in [3.63, 3.8) is 0 Å². The molecule has 0 saturated carbocycles. The van der Waals surface area contributed by atoms with Gasteiger partial charge in [-0.15, -0.1) is 0 Å². The largest absolute Gasteiger partial charge is 0.257 e. The van der Waals surface area contributed by atoms with Gasteiger partial charge in [-0.25, -0.2) is 0 Å². The van der Waals surface area contributed by atoms with E-state index < -0.39 is 0 Å². The molecule has 170 valence electrons. The number of nitrogens with zero attached hydrogens (tertiary/aromatic N) is 1. The number of rotatable bonds is 0. The maximum absolute atomic E-state index is 4.81. The summed E-state index contributed by atoms with van der Waals surface area (Å²) in [5, 5.41) is 0. The summed E-state index contributed by atoms with van der Waals surface area (Å²) in [6.45, 7) is 27.0. The molecule has 0 aliphatic carbocycles. The van der Waals surface area contributed by atoms with Crippen LogP contribution in [0.5, 0.6) is 0 Å². The molecule has 1 aliphatic rings. The molecule has 2 aromatic rings. The Morgan fingerprint density at radius 3 is 1.26 bits per heavy atom. The van der Waals surface area contributed by atoms with Crippen molar-refractivity contribution < 1.29 is 0 Å². The van der Waals surface area contributed by atoms with Gasteiger partial charge < -0.3 is 0 Å². The quantitative estimate of drug-likeness (QED) is 0.404. The maximum Gasteiger partial charge on any atom is 0.0668 e. The van der Waals surface area contributed by atoms with E-state index in [1.807, 2.05) is 0 Å². The minimum atomic E-state index is 0.181. The van der Waals surface area contributed by atoms with E-state index in [-0.39, 0.29) is 21.7 Å². The van der Waals surface area contributed by atoms with Crippen molar-refractivity contribution in [2.45, 2.75) is 106 Å². The summed E-state index contributed by atoms with van der Waals surface area (Å²) in [7, 11) is 0. The molecule has 0 N–H and O–H groups in total. The monoisotopic (exact) mass is 419 g/mol. The fraction of sp³-hybridized carbons (Fsp3) is 0.567. The van der Waals surface area contributed by atoms with Crippen LogP contribution in [0.1, 0.15) is 105 Å². The molecule has 1 aliphatic heterocycles. The molecule has 2 aromatic carbocycles. The van der Waals surface area contributed by atoms with Gasteiger partial charge in [0.05, 0.1) is 5.69 Å². The van der Waals surface area contributed by atoms with Gasteiger partial charge in [0.2, 0.25) is 0 Å². The minimum Gasteiger partial charge on any atom is -0.257 e. The van der Waals surface area contributed by atoms with Crippen LogP contribution >= 0.6 is 0 Å². The smallest absolute Gasteiger partial charge is 0.0668 e. The summed E-state index contributed by atoms with van der Waals surface area (Å²) in [6.07, 6.45) is 1.02. The average Bonchev–Trinajstić information content (AvgIpc) is 3.04. The second-order valence-electron chi connectivity index (χ2n) is 13.2. The Balaban J connectivity index is 0.000000225. The van der Waals surface area contributed by atoms with Gasteiger partial charge in [0.25, 0.3) is 0 Å². The summed E-state index contributed by atoms with van der Waals surface area (Å²) in [5.74, 6) is 0. The molecule has 1 heterocycles. The first-order valence-corrected chi connectivity index (χ1v) is 11.7. The first kappa shape index (κ1) is 25.4. The highest BCUT2D eigenvalue weighted by atomic mass is 14.8. The summed E-state index contributed by atoms with van der Waals surface area (Å²) < 4.78 is 0. The van der Waals surface area contributed by atoms with E-state index in [0.717, 1.165) is 6.42 Å². The zero-order valence-electron chi connectivity index (χ0n) is 22.2. The van der Waals surface area contributed by atoms with E-state index in [1.165, 1.54) is 33.7 Å². The topological polar surface area (TPSA) is 12.4 Å². The van der Waals surface area contributed by atoms with Crippen LogP contribution < -0.4 is 0 Å². The highest BCUT2D eigenvalue weighted by Gasteiger charge is 2.26. The Kier molecular flexibility index (Phi) is 7.01. The lowest BCUT2D eigenvalue weighted by Gasteiger charge is -2.23. The van der Waals surface area contributed by atoms with Gasteiger partial charge in [-0.3, -0.25) is 4.99 Å². The highest BCUT2D eigenvalue weighted by molar-refractivity contribution is 5.97. The third-order valence-electron chi connectivity index (χ3n) is 6.05. The van der Waals surface area contributed by atoms with Gasteiger partial charge in [-0.2, -0.15) is 0 Å². The van der Waals surface area contributed by atoms with Crippen molar-refractivity contribution in [3.8, 4) is 0 Å².